The molecule has 3 aliphatic rings. The maximum absolute atomic E-state index is 15.1. The predicted molar refractivity (Wildman–Crippen MR) is 145 cm³/mol. The third-order valence-electron chi connectivity index (χ3n) is 6.95. The van der Waals surface area contributed by atoms with Crippen molar-refractivity contribution in [1.29, 1.82) is 0 Å². The molecule has 5 rings (SSSR count). The molecule has 3 saturated heterocycles. The minimum atomic E-state index is -0.155. The zero-order valence-corrected chi connectivity index (χ0v) is 23.2. The Morgan fingerprint density at radius 1 is 1.03 bits per heavy atom. The molecule has 7 heteroatoms. The largest absolute Gasteiger partial charge is 0.380 e. The molecule has 3 fully saturated rings. The lowest BCUT2D eigenvalue weighted by Gasteiger charge is -2.35. The Balaban J connectivity index is 0.000000815. The molecule has 0 saturated carbocycles. The van der Waals surface area contributed by atoms with Gasteiger partial charge >= 0.3 is 0 Å². The quantitative estimate of drug-likeness (QED) is 0.417. The highest BCUT2D eigenvalue weighted by Gasteiger charge is 2.29. The zero-order chi connectivity index (χ0) is 25.4. The first-order valence-electron chi connectivity index (χ1n) is 13.3. The van der Waals surface area contributed by atoms with E-state index in [1.165, 1.54) is 11.3 Å². The molecular formula is C28H40ClFN2O2S. The third-order valence-corrected chi connectivity index (χ3v) is 8.53. The van der Waals surface area contributed by atoms with Crippen molar-refractivity contribution in [3.05, 3.63) is 45.5 Å². The summed E-state index contributed by atoms with van der Waals surface area (Å²) in [4.78, 5) is 18.5. The first-order chi connectivity index (χ1) is 17.1. The van der Waals surface area contributed by atoms with Crippen LogP contribution < -0.4 is 0 Å². The van der Waals surface area contributed by atoms with Crippen molar-refractivity contribution in [3.63, 3.8) is 0 Å². The van der Waals surface area contributed by atoms with Crippen LogP contribution in [0.5, 0.6) is 0 Å². The first kappa shape index (κ1) is 28.1. The van der Waals surface area contributed by atoms with Gasteiger partial charge in [0.25, 0.3) is 5.91 Å². The minimum Gasteiger partial charge on any atom is -0.380 e. The fraction of sp³-hybridized carbons (Fsp3) is 0.607. The molecule has 2 aromatic rings. The second-order valence-electron chi connectivity index (χ2n) is 8.85. The molecule has 1 aromatic carbocycles. The molecule has 1 atom stereocenters. The number of benzene rings is 1. The Morgan fingerprint density at radius 2 is 1.71 bits per heavy atom. The smallest absolute Gasteiger partial charge is 0.265 e. The second-order valence-corrected chi connectivity index (χ2v) is 10.3. The summed E-state index contributed by atoms with van der Waals surface area (Å²) in [5, 5.41) is 0.463. The average molecular weight is 523 g/mol. The van der Waals surface area contributed by atoms with Crippen LogP contribution in [0.25, 0.3) is 10.4 Å². The molecule has 194 valence electrons. The maximum atomic E-state index is 15.1. The number of carbonyl (C=O) groups is 1. The number of hydrogen-bond acceptors (Lipinski definition) is 4. The fourth-order valence-electron chi connectivity index (χ4n) is 5.12. The molecule has 35 heavy (non-hydrogen) atoms. The molecule has 4 nitrogen and oxygen atoms in total. The molecule has 0 spiro atoms. The summed E-state index contributed by atoms with van der Waals surface area (Å²) in [5.74, 6) is 0.0965. The predicted octanol–water partition coefficient (Wildman–Crippen LogP) is 7.46. The zero-order valence-electron chi connectivity index (χ0n) is 21.6. The van der Waals surface area contributed by atoms with Gasteiger partial charge in [-0.3, -0.25) is 9.69 Å². The van der Waals surface area contributed by atoms with E-state index < -0.39 is 0 Å². The highest BCUT2D eigenvalue weighted by Crippen LogP contribution is 2.38. The lowest BCUT2D eigenvalue weighted by Crippen LogP contribution is -2.41. The Hall–Kier alpha value is -1.47. The van der Waals surface area contributed by atoms with E-state index >= 15 is 4.39 Å². The molecule has 0 aliphatic carbocycles. The summed E-state index contributed by atoms with van der Waals surface area (Å²) in [6, 6.07) is 7.85. The average Bonchev–Trinajstić information content (AvgIpc) is 3.69. The van der Waals surface area contributed by atoms with E-state index in [4.69, 9.17) is 16.3 Å². The van der Waals surface area contributed by atoms with Gasteiger partial charge < -0.3 is 9.64 Å². The first-order valence-corrected chi connectivity index (χ1v) is 14.5. The van der Waals surface area contributed by atoms with E-state index in [1.807, 2.05) is 44.7 Å². The number of nitrogens with zero attached hydrogens (tertiary/aromatic N) is 2. The molecular weight excluding hydrogens is 483 g/mol. The fourth-order valence-corrected chi connectivity index (χ4v) is 6.50. The topological polar surface area (TPSA) is 32.8 Å². The summed E-state index contributed by atoms with van der Waals surface area (Å²) < 4.78 is 20.6. The monoisotopic (exact) mass is 522 g/mol. The SMILES string of the molecule is CC.CC.O=C(c1sc(-c2ccc(C3CCN(C4CCOC4)CC3)c(F)c2)cc1Cl)N1CCCC1. The summed E-state index contributed by atoms with van der Waals surface area (Å²) in [7, 11) is 0. The van der Waals surface area contributed by atoms with Gasteiger partial charge in [0.1, 0.15) is 10.7 Å². The van der Waals surface area contributed by atoms with E-state index in [9.17, 15) is 4.79 Å². The molecule has 0 radical (unpaired) electrons. The van der Waals surface area contributed by atoms with Gasteiger partial charge in [0, 0.05) is 30.6 Å². The van der Waals surface area contributed by atoms with Crippen molar-refractivity contribution in [2.75, 3.05) is 39.4 Å². The standard InChI is InChI=1S/C24H28ClFN2O2S.2C2H6/c25-20-14-22(31-23(20)24(29)28-8-1-2-9-28)17-3-4-19(21(26)13-17)16-5-10-27(11-6-16)18-7-12-30-15-18;2*1-2/h3-4,13-14,16,18H,1-2,5-12,15H2;2*1-2H3. The number of amides is 1. The van der Waals surface area contributed by atoms with Crippen LogP contribution in [0.1, 0.15) is 81.0 Å². The second kappa shape index (κ2) is 13.7. The number of hydrogen-bond donors (Lipinski definition) is 0. The van der Waals surface area contributed by atoms with E-state index in [0.717, 1.165) is 87.5 Å². The maximum Gasteiger partial charge on any atom is 0.265 e. The van der Waals surface area contributed by atoms with Crippen molar-refractivity contribution < 1.29 is 13.9 Å². The van der Waals surface area contributed by atoms with E-state index in [0.29, 0.717) is 15.9 Å². The number of thiophene rings is 1. The van der Waals surface area contributed by atoms with E-state index in [1.54, 1.807) is 12.1 Å². The Labute approximate surface area is 219 Å². The van der Waals surface area contributed by atoms with Gasteiger partial charge in [-0.15, -0.1) is 11.3 Å². The molecule has 1 amide bonds. The summed E-state index contributed by atoms with van der Waals surface area (Å²) in [5.41, 5.74) is 1.59. The lowest BCUT2D eigenvalue weighted by molar-refractivity contribution is 0.0797. The van der Waals surface area contributed by atoms with Crippen molar-refractivity contribution in [3.8, 4) is 10.4 Å². The highest BCUT2D eigenvalue weighted by atomic mass is 35.5. The van der Waals surface area contributed by atoms with E-state index in [-0.39, 0.29) is 17.6 Å². The molecule has 1 aromatic heterocycles. The molecule has 1 unspecified atom stereocenters. The number of piperidine rings is 1. The Morgan fingerprint density at radius 3 is 2.31 bits per heavy atom. The number of likely N-dealkylation sites (tertiary alicyclic amines) is 2. The number of halogens is 2. The van der Waals surface area contributed by atoms with Gasteiger partial charge in [0.05, 0.1) is 11.6 Å². The van der Waals surface area contributed by atoms with Crippen LogP contribution in [-0.4, -0.2) is 61.1 Å². The van der Waals surface area contributed by atoms with Gasteiger partial charge in [0.15, 0.2) is 0 Å². The van der Waals surface area contributed by atoms with Crippen molar-refractivity contribution in [1.82, 2.24) is 9.80 Å². The van der Waals surface area contributed by atoms with Gasteiger partial charge in [-0.1, -0.05) is 51.4 Å². The molecule has 0 N–H and O–H groups in total. The molecule has 4 heterocycles. The van der Waals surface area contributed by atoms with Crippen molar-refractivity contribution >= 4 is 28.8 Å². The number of ether oxygens (including phenoxy) is 1. The lowest BCUT2D eigenvalue weighted by atomic mass is 9.88. The Kier molecular flexibility index (Phi) is 11.0. The molecule has 3 aliphatic heterocycles. The van der Waals surface area contributed by atoms with Crippen LogP contribution in [0, 0.1) is 5.82 Å². The van der Waals surface area contributed by atoms with Crippen LogP contribution in [0.4, 0.5) is 4.39 Å². The van der Waals surface area contributed by atoms with E-state index in [2.05, 4.69) is 4.90 Å². The van der Waals surface area contributed by atoms with Gasteiger partial charge in [-0.25, -0.2) is 4.39 Å². The normalized spacial score (nSPS) is 20.7. The highest BCUT2D eigenvalue weighted by molar-refractivity contribution is 7.18. The van der Waals surface area contributed by atoms with Gasteiger partial charge in [0.2, 0.25) is 0 Å². The minimum absolute atomic E-state index is 0.00438. The summed E-state index contributed by atoms with van der Waals surface area (Å²) in [6.07, 6.45) is 5.15. The van der Waals surface area contributed by atoms with Crippen LogP contribution in [0.15, 0.2) is 24.3 Å². The third kappa shape index (κ3) is 6.65. The van der Waals surface area contributed by atoms with Crippen molar-refractivity contribution in [2.24, 2.45) is 0 Å². The Bertz CT molecular complexity index is 946. The summed E-state index contributed by atoms with van der Waals surface area (Å²) >= 11 is 7.75. The van der Waals surface area contributed by atoms with Crippen LogP contribution >= 0.6 is 22.9 Å². The van der Waals surface area contributed by atoms with Gasteiger partial charge in [-0.2, -0.15) is 0 Å². The van der Waals surface area contributed by atoms with Crippen molar-refractivity contribution in [2.45, 2.75) is 71.8 Å². The van der Waals surface area contributed by atoms with Gasteiger partial charge in [-0.05, 0) is 74.4 Å². The van der Waals surface area contributed by atoms with Crippen LogP contribution in [0.2, 0.25) is 5.02 Å². The molecule has 0 bridgehead atoms. The van der Waals surface area contributed by atoms with Crippen LogP contribution in [0.3, 0.4) is 0 Å². The number of carbonyl (C=O) groups excluding carboxylic acids is 1. The number of rotatable bonds is 4. The summed E-state index contributed by atoms with van der Waals surface area (Å²) in [6.45, 7) is 13.3. The van der Waals surface area contributed by atoms with Crippen LogP contribution in [-0.2, 0) is 4.74 Å².